The molecule has 0 aliphatic rings. The van der Waals surface area contributed by atoms with Gasteiger partial charge < -0.3 is 9.73 Å². The van der Waals surface area contributed by atoms with E-state index in [9.17, 15) is 4.79 Å². The van der Waals surface area contributed by atoms with E-state index in [0.29, 0.717) is 28.4 Å². The van der Waals surface area contributed by atoms with Gasteiger partial charge in [-0.1, -0.05) is 11.8 Å². The van der Waals surface area contributed by atoms with Crippen molar-refractivity contribution >= 4 is 34.1 Å². The van der Waals surface area contributed by atoms with Crippen molar-refractivity contribution < 1.29 is 9.21 Å². The molecular formula is C16H19N5O2S2. The fourth-order valence-corrected chi connectivity index (χ4v) is 3.92. The molecule has 3 rings (SSSR count). The van der Waals surface area contributed by atoms with Crippen LogP contribution in [0.25, 0.3) is 11.6 Å². The number of nitrogens with one attached hydrogen (secondary N) is 1. The summed E-state index contributed by atoms with van der Waals surface area (Å²) < 4.78 is 7.34. The molecule has 0 bridgehead atoms. The molecule has 1 amide bonds. The van der Waals surface area contributed by atoms with Crippen molar-refractivity contribution in [2.75, 3.05) is 5.32 Å². The van der Waals surface area contributed by atoms with E-state index >= 15 is 0 Å². The number of thioether (sulfide) groups is 1. The number of aromatic nitrogens is 4. The third kappa shape index (κ3) is 3.77. The highest BCUT2D eigenvalue weighted by atomic mass is 32.2. The lowest BCUT2D eigenvalue weighted by Crippen LogP contribution is -2.22. The maximum absolute atomic E-state index is 12.4. The molecule has 0 aliphatic carbocycles. The smallest absolute Gasteiger partial charge is 0.239 e. The van der Waals surface area contributed by atoms with Crippen LogP contribution in [0.5, 0.6) is 0 Å². The standard InChI is InChI=1S/C16H19N5O2S2/c1-5-21-13(12-7-6-8-23-12)19-20-16(21)25-11(4)14(22)18-15-17-9(2)10(3)24-15/h6-8,11H,5H2,1-4H3,(H,17,18,22)/t11-/m0/s1. The Morgan fingerprint density at radius 3 is 2.84 bits per heavy atom. The summed E-state index contributed by atoms with van der Waals surface area (Å²) in [4.78, 5) is 17.9. The minimum absolute atomic E-state index is 0.107. The lowest BCUT2D eigenvalue weighted by molar-refractivity contribution is -0.115. The zero-order chi connectivity index (χ0) is 18.0. The molecule has 0 spiro atoms. The van der Waals surface area contributed by atoms with E-state index < -0.39 is 0 Å². The van der Waals surface area contributed by atoms with Gasteiger partial charge in [0.25, 0.3) is 0 Å². The van der Waals surface area contributed by atoms with Crippen LogP contribution >= 0.6 is 23.1 Å². The van der Waals surface area contributed by atoms with Gasteiger partial charge in [0.15, 0.2) is 21.9 Å². The van der Waals surface area contributed by atoms with Crippen LogP contribution in [0.3, 0.4) is 0 Å². The molecule has 0 saturated heterocycles. The summed E-state index contributed by atoms with van der Waals surface area (Å²) in [6.07, 6.45) is 1.60. The Bertz CT molecular complexity index is 850. The predicted molar refractivity (Wildman–Crippen MR) is 98.9 cm³/mol. The Hall–Kier alpha value is -2.13. The molecule has 25 heavy (non-hydrogen) atoms. The monoisotopic (exact) mass is 377 g/mol. The van der Waals surface area contributed by atoms with E-state index in [4.69, 9.17) is 4.42 Å². The van der Waals surface area contributed by atoms with Crippen molar-refractivity contribution in [3.63, 3.8) is 0 Å². The van der Waals surface area contributed by atoms with Gasteiger partial charge in [-0.3, -0.25) is 9.36 Å². The molecule has 0 saturated carbocycles. The average Bonchev–Trinajstić information content (AvgIpc) is 3.28. The number of thiazole rings is 1. The molecule has 0 aromatic carbocycles. The van der Waals surface area contributed by atoms with Crippen molar-refractivity contribution in [2.45, 2.75) is 44.6 Å². The van der Waals surface area contributed by atoms with E-state index in [2.05, 4.69) is 20.5 Å². The van der Waals surface area contributed by atoms with Gasteiger partial charge in [0.1, 0.15) is 0 Å². The van der Waals surface area contributed by atoms with Gasteiger partial charge in [0.2, 0.25) is 5.91 Å². The summed E-state index contributed by atoms with van der Waals surface area (Å²) in [5, 5.41) is 12.3. The number of hydrogen-bond donors (Lipinski definition) is 1. The van der Waals surface area contributed by atoms with Crippen LogP contribution in [0.15, 0.2) is 28.0 Å². The number of furan rings is 1. The number of anilines is 1. The number of hydrogen-bond acceptors (Lipinski definition) is 7. The summed E-state index contributed by atoms with van der Waals surface area (Å²) >= 11 is 2.84. The summed E-state index contributed by atoms with van der Waals surface area (Å²) in [6, 6.07) is 3.65. The van der Waals surface area contributed by atoms with Crippen molar-refractivity contribution in [1.29, 1.82) is 0 Å². The number of carbonyl (C=O) groups is 1. The van der Waals surface area contributed by atoms with Gasteiger partial charge >= 0.3 is 0 Å². The van der Waals surface area contributed by atoms with Gasteiger partial charge in [0.05, 0.1) is 17.2 Å². The molecule has 3 aromatic rings. The van der Waals surface area contributed by atoms with E-state index in [1.54, 1.807) is 6.26 Å². The first-order chi connectivity index (χ1) is 12.0. The van der Waals surface area contributed by atoms with E-state index in [1.807, 2.05) is 44.4 Å². The number of nitrogens with zero attached hydrogens (tertiary/aromatic N) is 4. The van der Waals surface area contributed by atoms with Crippen molar-refractivity contribution in [3.8, 4) is 11.6 Å². The molecule has 0 fully saturated rings. The first-order valence-electron chi connectivity index (χ1n) is 7.88. The van der Waals surface area contributed by atoms with Gasteiger partial charge in [-0.25, -0.2) is 4.98 Å². The molecule has 132 valence electrons. The van der Waals surface area contributed by atoms with Crippen molar-refractivity contribution in [2.24, 2.45) is 0 Å². The van der Waals surface area contributed by atoms with Crippen LogP contribution in [0.1, 0.15) is 24.4 Å². The highest BCUT2D eigenvalue weighted by molar-refractivity contribution is 8.00. The highest BCUT2D eigenvalue weighted by Gasteiger charge is 2.22. The zero-order valence-corrected chi connectivity index (χ0v) is 16.1. The normalized spacial score (nSPS) is 12.3. The Morgan fingerprint density at radius 2 is 2.24 bits per heavy atom. The maximum Gasteiger partial charge on any atom is 0.239 e. The van der Waals surface area contributed by atoms with E-state index in [1.165, 1.54) is 23.1 Å². The molecule has 1 atom stereocenters. The fraction of sp³-hybridized carbons (Fsp3) is 0.375. The average molecular weight is 377 g/mol. The highest BCUT2D eigenvalue weighted by Crippen LogP contribution is 2.28. The second kappa shape index (κ2) is 7.40. The molecule has 0 unspecified atom stereocenters. The van der Waals surface area contributed by atoms with Crippen LogP contribution < -0.4 is 5.32 Å². The molecule has 9 heteroatoms. The summed E-state index contributed by atoms with van der Waals surface area (Å²) in [7, 11) is 0. The molecule has 0 radical (unpaired) electrons. The lowest BCUT2D eigenvalue weighted by Gasteiger charge is -2.11. The van der Waals surface area contributed by atoms with Crippen LogP contribution in [0, 0.1) is 13.8 Å². The lowest BCUT2D eigenvalue weighted by atomic mass is 10.4. The second-order valence-corrected chi connectivity index (χ2v) is 7.95. The summed E-state index contributed by atoms with van der Waals surface area (Å²) in [5.41, 5.74) is 0.939. The van der Waals surface area contributed by atoms with Crippen LogP contribution in [0.4, 0.5) is 5.13 Å². The number of amides is 1. The van der Waals surface area contributed by atoms with E-state index in [-0.39, 0.29) is 11.2 Å². The summed E-state index contributed by atoms with van der Waals surface area (Å²) in [6.45, 7) is 8.45. The minimum atomic E-state index is -0.330. The Labute approximate surface area is 153 Å². The topological polar surface area (TPSA) is 85.8 Å². The van der Waals surface area contributed by atoms with E-state index in [0.717, 1.165) is 10.6 Å². The minimum Gasteiger partial charge on any atom is -0.461 e. The zero-order valence-electron chi connectivity index (χ0n) is 14.4. The number of carbonyl (C=O) groups excluding carboxylic acids is 1. The fourth-order valence-electron chi connectivity index (χ4n) is 2.19. The second-order valence-electron chi connectivity index (χ2n) is 5.44. The number of rotatable bonds is 6. The molecule has 1 N–H and O–H groups in total. The predicted octanol–water partition coefficient (Wildman–Crippen LogP) is 3.75. The van der Waals surface area contributed by atoms with Crippen molar-refractivity contribution in [1.82, 2.24) is 19.7 Å². The molecule has 3 aromatic heterocycles. The molecular weight excluding hydrogens is 358 g/mol. The van der Waals surface area contributed by atoms with Gasteiger partial charge in [-0.2, -0.15) is 0 Å². The Morgan fingerprint density at radius 1 is 1.44 bits per heavy atom. The number of aryl methyl sites for hydroxylation is 2. The quantitative estimate of drug-likeness (QED) is 0.659. The first-order valence-corrected chi connectivity index (χ1v) is 9.57. The Balaban J connectivity index is 1.72. The van der Waals surface area contributed by atoms with Gasteiger partial charge in [-0.15, -0.1) is 21.5 Å². The third-order valence-electron chi connectivity index (χ3n) is 3.68. The van der Waals surface area contributed by atoms with Crippen molar-refractivity contribution in [3.05, 3.63) is 29.0 Å². The maximum atomic E-state index is 12.4. The largest absolute Gasteiger partial charge is 0.461 e. The third-order valence-corrected chi connectivity index (χ3v) is 5.75. The molecule has 0 aliphatic heterocycles. The van der Waals surface area contributed by atoms with Crippen LogP contribution in [0.2, 0.25) is 0 Å². The van der Waals surface area contributed by atoms with Gasteiger partial charge in [0, 0.05) is 11.4 Å². The summed E-state index contributed by atoms with van der Waals surface area (Å²) in [5.74, 6) is 1.21. The molecule has 3 heterocycles. The first kappa shape index (κ1) is 17.7. The van der Waals surface area contributed by atoms with Crippen LogP contribution in [-0.2, 0) is 11.3 Å². The Kier molecular flexibility index (Phi) is 5.24. The van der Waals surface area contributed by atoms with Crippen LogP contribution in [-0.4, -0.2) is 30.9 Å². The SMILES string of the molecule is CCn1c(S[C@@H](C)C(=O)Nc2nc(C)c(C)s2)nnc1-c1ccco1. The molecule has 7 nitrogen and oxygen atoms in total. The van der Waals surface area contributed by atoms with Gasteiger partial charge in [-0.05, 0) is 39.8 Å².